The molecule has 0 fully saturated rings. The topological polar surface area (TPSA) is 33.1 Å². The lowest BCUT2D eigenvalue weighted by Crippen LogP contribution is -2.42. The third-order valence-electron chi connectivity index (χ3n) is 4.51. The number of aromatic nitrogens is 2. The second kappa shape index (κ2) is 7.07. The largest absolute Gasteiger partial charge is 0.334 e. The first-order valence-electron chi connectivity index (χ1n) is 8.22. The molecular weight excluding hydrogens is 272 g/mol. The highest BCUT2D eigenvalue weighted by Gasteiger charge is 2.17. The van der Waals surface area contributed by atoms with Crippen LogP contribution in [0.2, 0.25) is 0 Å². The molecule has 0 saturated heterocycles. The van der Waals surface area contributed by atoms with Gasteiger partial charge in [0.15, 0.2) is 0 Å². The highest BCUT2D eigenvalue weighted by atomic mass is 15.2. The minimum Gasteiger partial charge on any atom is -0.334 e. The third-order valence-corrected chi connectivity index (χ3v) is 4.51. The van der Waals surface area contributed by atoms with Crippen molar-refractivity contribution in [3.63, 3.8) is 0 Å². The molecular formula is C18H26N4. The summed E-state index contributed by atoms with van der Waals surface area (Å²) < 4.78 is 2.19. The van der Waals surface area contributed by atoms with Crippen molar-refractivity contribution in [2.45, 2.75) is 39.4 Å². The van der Waals surface area contributed by atoms with Crippen molar-refractivity contribution < 1.29 is 0 Å². The molecule has 1 aliphatic heterocycles. The fourth-order valence-corrected chi connectivity index (χ4v) is 3.23. The van der Waals surface area contributed by atoms with Crippen LogP contribution in [0.4, 0.5) is 0 Å². The van der Waals surface area contributed by atoms with Crippen LogP contribution >= 0.6 is 0 Å². The van der Waals surface area contributed by atoms with Crippen molar-refractivity contribution in [3.05, 3.63) is 53.6 Å². The number of nitrogens with zero attached hydrogens (tertiary/aromatic N) is 3. The number of nitrogens with one attached hydrogen (secondary N) is 1. The summed E-state index contributed by atoms with van der Waals surface area (Å²) in [4.78, 5) is 6.81. The van der Waals surface area contributed by atoms with Gasteiger partial charge in [0.05, 0.1) is 0 Å². The molecule has 0 aliphatic carbocycles. The predicted octanol–water partition coefficient (Wildman–Crippen LogP) is 2.23. The van der Waals surface area contributed by atoms with Crippen LogP contribution in [-0.4, -0.2) is 40.1 Å². The molecule has 1 unspecified atom stereocenters. The van der Waals surface area contributed by atoms with E-state index in [1.165, 1.54) is 24.1 Å². The molecule has 1 aromatic carbocycles. The minimum absolute atomic E-state index is 0.508. The summed E-state index contributed by atoms with van der Waals surface area (Å²) in [6.07, 6.45) is 5.09. The molecule has 4 heteroatoms. The van der Waals surface area contributed by atoms with E-state index in [0.29, 0.717) is 6.04 Å². The second-order valence-electron chi connectivity index (χ2n) is 6.28. The molecule has 1 aromatic heterocycles. The maximum absolute atomic E-state index is 4.26. The fraction of sp³-hybridized carbons (Fsp3) is 0.500. The van der Waals surface area contributed by atoms with Crippen LogP contribution in [0, 0.1) is 6.92 Å². The van der Waals surface area contributed by atoms with Crippen LogP contribution in [0.15, 0.2) is 36.7 Å². The number of imidazole rings is 1. The van der Waals surface area contributed by atoms with Crippen molar-refractivity contribution in [3.8, 4) is 0 Å². The zero-order chi connectivity index (χ0) is 15.4. The Morgan fingerprint density at radius 1 is 1.27 bits per heavy atom. The Kier molecular flexibility index (Phi) is 4.90. The van der Waals surface area contributed by atoms with Gasteiger partial charge in [-0.15, -0.1) is 0 Å². The predicted molar refractivity (Wildman–Crippen MR) is 89.9 cm³/mol. The molecule has 0 amide bonds. The zero-order valence-electron chi connectivity index (χ0n) is 13.6. The molecule has 1 aliphatic rings. The third kappa shape index (κ3) is 3.76. The summed E-state index contributed by atoms with van der Waals surface area (Å²) >= 11 is 0. The normalized spacial score (nSPS) is 16.5. The molecule has 3 rings (SSSR count). The maximum Gasteiger partial charge on any atom is 0.105 e. The van der Waals surface area contributed by atoms with Gasteiger partial charge in [-0.1, -0.05) is 24.3 Å². The fourth-order valence-electron chi connectivity index (χ4n) is 3.23. The van der Waals surface area contributed by atoms with Crippen LogP contribution in [0.1, 0.15) is 23.9 Å². The van der Waals surface area contributed by atoms with Crippen molar-refractivity contribution in [2.24, 2.45) is 0 Å². The lowest BCUT2D eigenvalue weighted by atomic mass is 10.00. The smallest absolute Gasteiger partial charge is 0.105 e. The van der Waals surface area contributed by atoms with Gasteiger partial charge in [-0.3, -0.25) is 4.90 Å². The van der Waals surface area contributed by atoms with E-state index in [0.717, 1.165) is 32.0 Å². The molecule has 0 spiro atoms. The van der Waals surface area contributed by atoms with Crippen molar-refractivity contribution in [2.75, 3.05) is 19.6 Å². The van der Waals surface area contributed by atoms with E-state index in [2.05, 4.69) is 57.9 Å². The quantitative estimate of drug-likeness (QED) is 0.888. The summed E-state index contributed by atoms with van der Waals surface area (Å²) in [7, 11) is 0. The summed E-state index contributed by atoms with van der Waals surface area (Å²) in [6.45, 7) is 9.67. The van der Waals surface area contributed by atoms with E-state index in [1.807, 2.05) is 12.4 Å². The molecule has 1 atom stereocenters. The molecule has 2 aromatic rings. The number of hydrogen-bond donors (Lipinski definition) is 1. The number of aryl methyl sites for hydroxylation is 1. The molecule has 0 saturated carbocycles. The highest BCUT2D eigenvalue weighted by molar-refractivity contribution is 5.29. The summed E-state index contributed by atoms with van der Waals surface area (Å²) in [5.41, 5.74) is 3.02. The van der Waals surface area contributed by atoms with Gasteiger partial charge in [0.1, 0.15) is 5.82 Å². The number of hydrogen-bond acceptors (Lipinski definition) is 3. The monoisotopic (exact) mass is 298 g/mol. The lowest BCUT2D eigenvalue weighted by Gasteiger charge is -2.31. The Bertz CT molecular complexity index is 605. The van der Waals surface area contributed by atoms with E-state index in [-0.39, 0.29) is 0 Å². The SMILES string of the molecule is Cc1nccn1CCNC(C)CN1CCc2ccccc2C1. The van der Waals surface area contributed by atoms with Crippen LogP contribution in [-0.2, 0) is 19.5 Å². The highest BCUT2D eigenvalue weighted by Crippen LogP contribution is 2.18. The Morgan fingerprint density at radius 2 is 2.09 bits per heavy atom. The molecule has 4 nitrogen and oxygen atoms in total. The Balaban J connectivity index is 1.43. The molecule has 0 bridgehead atoms. The van der Waals surface area contributed by atoms with Gasteiger partial charge in [0, 0.05) is 51.2 Å². The standard InChI is InChI=1S/C18H26N4/c1-15(19-8-11-22-12-9-20-16(22)2)13-21-10-7-17-5-3-4-6-18(17)14-21/h3-6,9,12,15,19H,7-8,10-11,13-14H2,1-2H3. The summed E-state index contributed by atoms with van der Waals surface area (Å²) in [6, 6.07) is 9.34. The van der Waals surface area contributed by atoms with E-state index < -0.39 is 0 Å². The summed E-state index contributed by atoms with van der Waals surface area (Å²) in [5, 5.41) is 3.63. The van der Waals surface area contributed by atoms with E-state index in [4.69, 9.17) is 0 Å². The molecule has 0 radical (unpaired) electrons. The number of fused-ring (bicyclic) bond motifs is 1. The van der Waals surface area contributed by atoms with Gasteiger partial charge < -0.3 is 9.88 Å². The van der Waals surface area contributed by atoms with Gasteiger partial charge >= 0.3 is 0 Å². The number of benzene rings is 1. The Morgan fingerprint density at radius 3 is 2.86 bits per heavy atom. The second-order valence-corrected chi connectivity index (χ2v) is 6.28. The van der Waals surface area contributed by atoms with E-state index >= 15 is 0 Å². The van der Waals surface area contributed by atoms with Gasteiger partial charge in [0.2, 0.25) is 0 Å². The Hall–Kier alpha value is -1.65. The average Bonchev–Trinajstić information content (AvgIpc) is 2.92. The molecule has 22 heavy (non-hydrogen) atoms. The van der Waals surface area contributed by atoms with Crippen LogP contribution < -0.4 is 5.32 Å². The van der Waals surface area contributed by atoms with Gasteiger partial charge in [-0.25, -0.2) is 4.98 Å². The first-order chi connectivity index (χ1) is 10.7. The molecule has 118 valence electrons. The van der Waals surface area contributed by atoms with Crippen molar-refractivity contribution in [1.29, 1.82) is 0 Å². The lowest BCUT2D eigenvalue weighted by molar-refractivity contribution is 0.229. The average molecular weight is 298 g/mol. The maximum atomic E-state index is 4.26. The molecule has 2 heterocycles. The van der Waals surface area contributed by atoms with E-state index in [9.17, 15) is 0 Å². The minimum atomic E-state index is 0.508. The summed E-state index contributed by atoms with van der Waals surface area (Å²) in [5.74, 6) is 1.09. The van der Waals surface area contributed by atoms with E-state index in [1.54, 1.807) is 0 Å². The van der Waals surface area contributed by atoms with Crippen LogP contribution in [0.5, 0.6) is 0 Å². The first-order valence-corrected chi connectivity index (χ1v) is 8.22. The zero-order valence-corrected chi connectivity index (χ0v) is 13.6. The van der Waals surface area contributed by atoms with Gasteiger partial charge in [-0.2, -0.15) is 0 Å². The van der Waals surface area contributed by atoms with Crippen LogP contribution in [0.25, 0.3) is 0 Å². The first kappa shape index (κ1) is 15.3. The van der Waals surface area contributed by atoms with Crippen molar-refractivity contribution in [1.82, 2.24) is 19.8 Å². The number of rotatable bonds is 6. The molecule has 1 N–H and O–H groups in total. The van der Waals surface area contributed by atoms with Gasteiger partial charge in [0.25, 0.3) is 0 Å². The Labute approximate surface area is 133 Å². The van der Waals surface area contributed by atoms with Gasteiger partial charge in [-0.05, 0) is 31.4 Å². The van der Waals surface area contributed by atoms with Crippen molar-refractivity contribution >= 4 is 0 Å². The van der Waals surface area contributed by atoms with Crippen LogP contribution in [0.3, 0.4) is 0 Å².